The molecule has 0 aliphatic carbocycles. The number of unbranched alkanes of at least 4 members (excludes halogenated alkanes) is 15. The fourth-order valence-electron chi connectivity index (χ4n) is 3.34. The van der Waals surface area contributed by atoms with Gasteiger partial charge in [0.05, 0.1) is 13.2 Å². The summed E-state index contributed by atoms with van der Waals surface area (Å²) in [5, 5.41) is 0. The topological polar surface area (TPSA) is 59.0 Å². The van der Waals surface area contributed by atoms with Crippen molar-refractivity contribution < 1.29 is 18.5 Å². The van der Waals surface area contributed by atoms with E-state index in [1.165, 1.54) is 109 Å². The Morgan fingerprint density at radius 1 is 0.600 bits per heavy atom. The van der Waals surface area contributed by atoms with Gasteiger partial charge in [0, 0.05) is 0 Å². The van der Waals surface area contributed by atoms with E-state index in [2.05, 4.69) is 35.0 Å². The predicted octanol–water partition coefficient (Wildman–Crippen LogP) is 7.97. The third-order valence-electron chi connectivity index (χ3n) is 5.04. The van der Waals surface area contributed by atoms with Crippen LogP contribution in [0.25, 0.3) is 0 Å². The van der Waals surface area contributed by atoms with Crippen molar-refractivity contribution in [1.29, 1.82) is 0 Å². The molecular formula is C24H54NO4P. The molecule has 0 rings (SSSR count). The Morgan fingerprint density at radius 2 is 0.900 bits per heavy atom. The minimum Gasteiger partial charge on any atom is -0.309 e. The van der Waals surface area contributed by atoms with Crippen LogP contribution >= 0.6 is 7.82 Å². The summed E-state index contributed by atoms with van der Waals surface area (Å²) in [5.41, 5.74) is 0. The Balaban J connectivity index is 0. The first-order valence-electron chi connectivity index (χ1n) is 12.7. The molecule has 0 aromatic rings. The van der Waals surface area contributed by atoms with Gasteiger partial charge in [0.2, 0.25) is 0 Å². The van der Waals surface area contributed by atoms with E-state index in [-0.39, 0.29) is 13.2 Å². The number of phosphoric ester groups is 1. The minimum atomic E-state index is -3.69. The molecule has 0 aliphatic rings. The van der Waals surface area contributed by atoms with Gasteiger partial charge in [-0.25, -0.2) is 4.57 Å². The van der Waals surface area contributed by atoms with Crippen molar-refractivity contribution >= 4 is 7.82 Å². The number of phosphoric acid groups is 1. The van der Waals surface area contributed by atoms with E-state index in [0.29, 0.717) is 0 Å². The zero-order valence-electron chi connectivity index (χ0n) is 21.0. The summed E-state index contributed by atoms with van der Waals surface area (Å²) >= 11 is 0. The normalized spacial score (nSPS) is 11.6. The number of rotatable bonds is 21. The van der Waals surface area contributed by atoms with Crippen molar-refractivity contribution in [1.82, 2.24) is 4.90 Å². The molecule has 184 valence electrons. The van der Waals surface area contributed by atoms with Gasteiger partial charge in [-0.15, -0.1) is 0 Å². The lowest BCUT2D eigenvalue weighted by molar-refractivity contribution is 0.161. The summed E-state index contributed by atoms with van der Waals surface area (Å²) in [6.07, 6.45) is 23.3. The highest BCUT2D eigenvalue weighted by atomic mass is 31.2. The van der Waals surface area contributed by atoms with Crippen molar-refractivity contribution in [2.75, 3.05) is 33.9 Å². The number of nitrogens with zero attached hydrogens (tertiary/aromatic N) is 1. The van der Waals surface area contributed by atoms with Crippen LogP contribution in [0.5, 0.6) is 0 Å². The first-order valence-corrected chi connectivity index (χ1v) is 14.2. The van der Waals surface area contributed by atoms with Crippen LogP contribution in [0, 0.1) is 0 Å². The molecule has 0 aliphatic heterocycles. The predicted molar refractivity (Wildman–Crippen MR) is 131 cm³/mol. The molecule has 1 N–H and O–H groups in total. The Bertz CT molecular complexity index is 357. The molecule has 6 heteroatoms. The zero-order chi connectivity index (χ0) is 22.9. The van der Waals surface area contributed by atoms with Crippen molar-refractivity contribution in [2.24, 2.45) is 0 Å². The molecule has 0 spiro atoms. The van der Waals surface area contributed by atoms with Crippen LogP contribution in [0.1, 0.15) is 124 Å². The second-order valence-corrected chi connectivity index (χ2v) is 9.86. The molecule has 0 bridgehead atoms. The van der Waals surface area contributed by atoms with Crippen LogP contribution < -0.4 is 0 Å². The van der Waals surface area contributed by atoms with Gasteiger partial charge in [0.1, 0.15) is 0 Å². The minimum absolute atomic E-state index is 0.188. The molecular weight excluding hydrogens is 397 g/mol. The van der Waals surface area contributed by atoms with E-state index in [0.717, 1.165) is 0 Å². The molecule has 0 saturated heterocycles. The lowest BCUT2D eigenvalue weighted by Gasteiger charge is -2.08. The van der Waals surface area contributed by atoms with Gasteiger partial charge in [-0.1, -0.05) is 103 Å². The van der Waals surface area contributed by atoms with Gasteiger partial charge >= 0.3 is 7.82 Å². The van der Waals surface area contributed by atoms with E-state index in [1.807, 2.05) is 0 Å². The van der Waals surface area contributed by atoms with E-state index < -0.39 is 7.82 Å². The second-order valence-electron chi connectivity index (χ2n) is 8.41. The molecule has 0 fully saturated rings. The standard InChI is InChI=1S/C20H43N.C4H11O4P/c1-4-5-6-7-8-9-10-11-12-13-14-15-16-17-18-19-20-21(2)3;1-3-7-9(5,6)8-4-2/h4-20H2,1-3H3;3-4H2,1-2H3,(H,5,6). The first kappa shape index (κ1) is 32.3. The molecule has 0 unspecified atom stereocenters. The average molecular weight is 452 g/mol. The van der Waals surface area contributed by atoms with Gasteiger partial charge < -0.3 is 9.79 Å². The van der Waals surface area contributed by atoms with Gasteiger partial charge in [-0.2, -0.15) is 0 Å². The molecule has 0 heterocycles. The van der Waals surface area contributed by atoms with E-state index in [4.69, 9.17) is 4.89 Å². The van der Waals surface area contributed by atoms with Crippen LogP contribution in [-0.2, 0) is 13.6 Å². The van der Waals surface area contributed by atoms with Gasteiger partial charge in [0.15, 0.2) is 0 Å². The van der Waals surface area contributed by atoms with E-state index in [9.17, 15) is 4.57 Å². The summed E-state index contributed by atoms with van der Waals surface area (Å²) in [4.78, 5) is 10.9. The molecule has 30 heavy (non-hydrogen) atoms. The van der Waals surface area contributed by atoms with E-state index >= 15 is 0 Å². The molecule has 0 radical (unpaired) electrons. The summed E-state index contributed by atoms with van der Waals surface area (Å²) in [7, 11) is 0.651. The SMILES string of the molecule is CCCCCCCCCCCCCCCCCCN(C)C.CCOP(=O)(O)OCC. The largest absolute Gasteiger partial charge is 0.472 e. The Hall–Kier alpha value is 0.0700. The summed E-state index contributed by atoms with van der Waals surface area (Å²) in [6, 6.07) is 0. The first-order chi connectivity index (χ1) is 14.4. The highest BCUT2D eigenvalue weighted by Crippen LogP contribution is 2.42. The van der Waals surface area contributed by atoms with Crippen molar-refractivity contribution in [3.8, 4) is 0 Å². The van der Waals surface area contributed by atoms with Crippen LogP contribution in [0.4, 0.5) is 0 Å². The monoisotopic (exact) mass is 451 g/mol. The zero-order valence-corrected chi connectivity index (χ0v) is 21.9. The molecule has 0 saturated carbocycles. The van der Waals surface area contributed by atoms with Gasteiger partial charge in [-0.3, -0.25) is 9.05 Å². The van der Waals surface area contributed by atoms with Crippen LogP contribution in [-0.4, -0.2) is 43.6 Å². The maximum Gasteiger partial charge on any atom is 0.472 e. The van der Waals surface area contributed by atoms with Gasteiger partial charge in [-0.05, 0) is 40.9 Å². The smallest absolute Gasteiger partial charge is 0.309 e. The van der Waals surface area contributed by atoms with Crippen LogP contribution in [0.15, 0.2) is 0 Å². The van der Waals surface area contributed by atoms with Crippen LogP contribution in [0.3, 0.4) is 0 Å². The summed E-state index contributed by atoms with van der Waals surface area (Å²) in [5.74, 6) is 0. The number of hydrogen-bond acceptors (Lipinski definition) is 4. The third-order valence-corrected chi connectivity index (χ3v) is 6.21. The van der Waals surface area contributed by atoms with Crippen molar-refractivity contribution in [2.45, 2.75) is 124 Å². The lowest BCUT2D eigenvalue weighted by atomic mass is 10.0. The highest BCUT2D eigenvalue weighted by molar-refractivity contribution is 7.47. The van der Waals surface area contributed by atoms with Crippen molar-refractivity contribution in [3.63, 3.8) is 0 Å². The molecule has 0 atom stereocenters. The fraction of sp³-hybridized carbons (Fsp3) is 1.00. The maximum atomic E-state index is 10.5. The third kappa shape index (κ3) is 30.3. The molecule has 5 nitrogen and oxygen atoms in total. The lowest BCUT2D eigenvalue weighted by Crippen LogP contribution is -2.12. The van der Waals surface area contributed by atoms with E-state index in [1.54, 1.807) is 13.8 Å². The maximum absolute atomic E-state index is 10.5. The number of hydrogen-bond donors (Lipinski definition) is 1. The van der Waals surface area contributed by atoms with Crippen molar-refractivity contribution in [3.05, 3.63) is 0 Å². The fourth-order valence-corrected chi connectivity index (χ4v) is 4.07. The summed E-state index contributed by atoms with van der Waals surface area (Å²) < 4.78 is 19.2. The molecule has 0 amide bonds. The second kappa shape index (κ2) is 25.3. The van der Waals surface area contributed by atoms with Gasteiger partial charge in [0.25, 0.3) is 0 Å². The Kier molecular flexibility index (Phi) is 27.2. The Labute approximate surface area is 188 Å². The summed E-state index contributed by atoms with van der Waals surface area (Å²) in [6.45, 7) is 7.19. The highest BCUT2D eigenvalue weighted by Gasteiger charge is 2.17. The molecule has 0 aromatic heterocycles. The van der Waals surface area contributed by atoms with Crippen LogP contribution in [0.2, 0.25) is 0 Å². The molecule has 0 aromatic carbocycles. The quantitative estimate of drug-likeness (QED) is 0.142. The average Bonchev–Trinajstić information content (AvgIpc) is 2.68. The Morgan fingerprint density at radius 3 is 1.17 bits per heavy atom.